The molecule has 0 radical (unpaired) electrons. The van der Waals surface area contributed by atoms with Crippen molar-refractivity contribution in [3.63, 3.8) is 0 Å². The van der Waals surface area contributed by atoms with Crippen molar-refractivity contribution in [2.45, 2.75) is 31.9 Å². The summed E-state index contributed by atoms with van der Waals surface area (Å²) in [6.45, 7) is 1.67. The lowest BCUT2D eigenvalue weighted by Crippen LogP contribution is -2.53. The average molecular weight is 408 g/mol. The number of carboxylic acid groups (broad SMARTS) is 1. The predicted molar refractivity (Wildman–Crippen MR) is 108 cm³/mol. The lowest BCUT2D eigenvalue weighted by Gasteiger charge is -2.40. The first-order valence-corrected chi connectivity index (χ1v) is 9.56. The molecule has 0 saturated heterocycles. The summed E-state index contributed by atoms with van der Waals surface area (Å²) in [6, 6.07) is 10.8. The van der Waals surface area contributed by atoms with E-state index >= 15 is 0 Å². The van der Waals surface area contributed by atoms with Gasteiger partial charge in [0, 0.05) is 17.9 Å². The molecule has 0 fully saturated rings. The number of aryl methyl sites for hydroxylation is 1. The number of anilines is 1. The van der Waals surface area contributed by atoms with Crippen molar-refractivity contribution in [3.05, 3.63) is 81.4 Å². The number of allylic oxidation sites excluding steroid dienone is 2. The number of nitrogens with zero attached hydrogens (tertiary/aromatic N) is 2. The van der Waals surface area contributed by atoms with Gasteiger partial charge in [0.1, 0.15) is 18.3 Å². The first-order chi connectivity index (χ1) is 14.4. The molecule has 30 heavy (non-hydrogen) atoms. The summed E-state index contributed by atoms with van der Waals surface area (Å²) < 4.78 is 5.40. The molecule has 1 aliphatic carbocycles. The Bertz CT molecular complexity index is 1050. The number of fused-ring (bicyclic) bond motifs is 3. The summed E-state index contributed by atoms with van der Waals surface area (Å²) in [5.74, 6) is -1.94. The monoisotopic (exact) mass is 408 g/mol. The Morgan fingerprint density at radius 2 is 2.00 bits per heavy atom. The van der Waals surface area contributed by atoms with Crippen LogP contribution < -0.4 is 4.90 Å². The van der Waals surface area contributed by atoms with E-state index in [1.165, 1.54) is 6.07 Å². The Kier molecular flexibility index (Phi) is 4.99. The van der Waals surface area contributed by atoms with Crippen molar-refractivity contribution >= 4 is 23.4 Å². The predicted octanol–water partition coefficient (Wildman–Crippen LogP) is 4.17. The fraction of sp³-hybridized carbons (Fsp3) is 0.273. The largest absolute Gasteiger partial charge is 0.480 e. The van der Waals surface area contributed by atoms with Crippen molar-refractivity contribution < 1.29 is 24.4 Å². The first-order valence-electron chi connectivity index (χ1n) is 9.56. The van der Waals surface area contributed by atoms with Gasteiger partial charge in [0.05, 0.1) is 4.92 Å². The normalized spacial score (nSPS) is 21.6. The molecule has 1 N–H and O–H groups in total. The van der Waals surface area contributed by atoms with Gasteiger partial charge in [0.25, 0.3) is 5.69 Å². The van der Waals surface area contributed by atoms with Crippen molar-refractivity contribution in [2.24, 2.45) is 5.92 Å². The van der Waals surface area contributed by atoms with Crippen LogP contribution in [0.3, 0.4) is 0 Å². The van der Waals surface area contributed by atoms with Gasteiger partial charge in [0.2, 0.25) is 0 Å². The fourth-order valence-corrected chi connectivity index (χ4v) is 4.39. The second-order valence-electron chi connectivity index (χ2n) is 7.53. The Morgan fingerprint density at radius 3 is 2.67 bits per heavy atom. The summed E-state index contributed by atoms with van der Waals surface area (Å²) >= 11 is 0. The molecule has 0 unspecified atom stereocenters. The van der Waals surface area contributed by atoms with Gasteiger partial charge in [-0.3, -0.25) is 15.0 Å². The molecule has 154 valence electrons. The van der Waals surface area contributed by atoms with Crippen LogP contribution in [-0.2, 0) is 16.1 Å². The maximum atomic E-state index is 13.1. The number of carbonyl (C=O) groups excluding carboxylic acids is 1. The van der Waals surface area contributed by atoms with Crippen LogP contribution in [0.2, 0.25) is 0 Å². The maximum absolute atomic E-state index is 13.1. The molecule has 1 amide bonds. The highest BCUT2D eigenvalue weighted by Crippen LogP contribution is 2.51. The van der Waals surface area contributed by atoms with Gasteiger partial charge in [0.15, 0.2) is 0 Å². The fourth-order valence-electron chi connectivity index (χ4n) is 4.39. The van der Waals surface area contributed by atoms with E-state index in [4.69, 9.17) is 4.74 Å². The molecule has 2 aromatic carbocycles. The summed E-state index contributed by atoms with van der Waals surface area (Å²) in [5.41, 5.74) is 1.68. The molecule has 1 heterocycles. The molecular weight excluding hydrogens is 388 g/mol. The molecule has 4 rings (SSSR count). The zero-order valence-electron chi connectivity index (χ0n) is 16.2. The quantitative estimate of drug-likeness (QED) is 0.462. The zero-order chi connectivity index (χ0) is 21.4. The molecule has 1 aliphatic heterocycles. The van der Waals surface area contributed by atoms with Gasteiger partial charge >= 0.3 is 12.1 Å². The molecule has 0 saturated carbocycles. The van der Waals surface area contributed by atoms with E-state index in [0.29, 0.717) is 17.5 Å². The zero-order valence-corrected chi connectivity index (χ0v) is 16.2. The summed E-state index contributed by atoms with van der Waals surface area (Å²) in [5, 5.41) is 21.8. The molecule has 0 spiro atoms. The Balaban J connectivity index is 1.81. The number of nitro groups is 1. The van der Waals surface area contributed by atoms with Crippen LogP contribution in [0, 0.1) is 23.0 Å². The van der Waals surface area contributed by atoms with E-state index in [0.717, 1.165) is 10.5 Å². The van der Waals surface area contributed by atoms with E-state index in [2.05, 4.69) is 0 Å². The SMILES string of the molecule is Cc1cc2c(c([N+](=O)[O-])c1)N(C(=O)OCc1ccccc1)[C@H](C(=O)O)[C@@H]1CC=C[C@H]21. The molecule has 8 heteroatoms. The number of amides is 1. The van der Waals surface area contributed by atoms with Gasteiger partial charge in [-0.05, 0) is 30.0 Å². The minimum atomic E-state index is -1.26. The van der Waals surface area contributed by atoms with Crippen LogP contribution in [0.25, 0.3) is 0 Å². The van der Waals surface area contributed by atoms with E-state index in [1.807, 2.05) is 18.2 Å². The van der Waals surface area contributed by atoms with E-state index < -0.39 is 28.9 Å². The molecule has 0 aromatic heterocycles. The highest BCUT2D eigenvalue weighted by molar-refractivity contribution is 6.00. The topological polar surface area (TPSA) is 110 Å². The lowest BCUT2D eigenvalue weighted by atomic mass is 9.77. The third-order valence-electron chi connectivity index (χ3n) is 5.61. The number of rotatable bonds is 4. The lowest BCUT2D eigenvalue weighted by molar-refractivity contribution is -0.384. The third kappa shape index (κ3) is 3.30. The number of hydrogen-bond donors (Lipinski definition) is 1. The minimum Gasteiger partial charge on any atom is -0.480 e. The molecular formula is C22H20N2O6. The highest BCUT2D eigenvalue weighted by atomic mass is 16.6. The van der Waals surface area contributed by atoms with E-state index in [1.54, 1.807) is 37.3 Å². The van der Waals surface area contributed by atoms with Gasteiger partial charge in [-0.1, -0.05) is 48.6 Å². The summed E-state index contributed by atoms with van der Waals surface area (Å²) in [7, 11) is 0. The van der Waals surface area contributed by atoms with Gasteiger partial charge in [-0.15, -0.1) is 0 Å². The molecule has 8 nitrogen and oxygen atoms in total. The number of carbonyl (C=O) groups is 2. The standard InChI is InChI=1S/C22H20N2O6/c1-13-10-17-15-8-5-9-16(15)20(21(25)26)23(19(17)18(11-13)24(28)29)22(27)30-12-14-6-3-2-4-7-14/h2-8,10-11,15-16,20H,9,12H2,1H3,(H,25,26)/t15-,16+,20-/m0/s1. The van der Waals surface area contributed by atoms with E-state index in [9.17, 15) is 24.8 Å². The summed E-state index contributed by atoms with van der Waals surface area (Å²) in [4.78, 5) is 37.5. The molecule has 2 aromatic rings. The third-order valence-corrected chi connectivity index (χ3v) is 5.61. The van der Waals surface area contributed by atoms with Gasteiger partial charge in [-0.25, -0.2) is 9.59 Å². The number of hydrogen-bond acceptors (Lipinski definition) is 5. The number of aliphatic carboxylic acids is 1. The van der Waals surface area contributed by atoms with Crippen LogP contribution >= 0.6 is 0 Å². The van der Waals surface area contributed by atoms with Crippen LogP contribution in [0.15, 0.2) is 54.6 Å². The summed E-state index contributed by atoms with van der Waals surface area (Å²) in [6.07, 6.45) is 3.28. The van der Waals surface area contributed by atoms with Gasteiger partial charge < -0.3 is 9.84 Å². The number of nitro benzene ring substituents is 1. The average Bonchev–Trinajstić information content (AvgIpc) is 3.20. The van der Waals surface area contributed by atoms with Crippen LogP contribution in [0.1, 0.15) is 29.0 Å². The number of ether oxygens (including phenoxy) is 1. The van der Waals surface area contributed by atoms with E-state index in [-0.39, 0.29) is 23.9 Å². The van der Waals surface area contributed by atoms with Crippen molar-refractivity contribution in [3.8, 4) is 0 Å². The van der Waals surface area contributed by atoms with Crippen molar-refractivity contribution in [1.82, 2.24) is 0 Å². The van der Waals surface area contributed by atoms with Crippen LogP contribution in [0.4, 0.5) is 16.2 Å². The second kappa shape index (κ2) is 7.62. The maximum Gasteiger partial charge on any atom is 0.415 e. The Hall–Kier alpha value is -3.68. The van der Waals surface area contributed by atoms with Crippen LogP contribution in [-0.4, -0.2) is 28.1 Å². The molecule has 2 aliphatic rings. The van der Waals surface area contributed by atoms with Gasteiger partial charge in [-0.2, -0.15) is 0 Å². The Labute approximate surface area is 172 Å². The highest BCUT2D eigenvalue weighted by Gasteiger charge is 2.50. The smallest absolute Gasteiger partial charge is 0.415 e. The first kappa shape index (κ1) is 19.6. The van der Waals surface area contributed by atoms with Crippen LogP contribution in [0.5, 0.6) is 0 Å². The van der Waals surface area contributed by atoms with Crippen molar-refractivity contribution in [1.29, 1.82) is 0 Å². The molecule has 3 atom stereocenters. The Morgan fingerprint density at radius 1 is 1.27 bits per heavy atom. The molecule has 0 bridgehead atoms. The second-order valence-corrected chi connectivity index (χ2v) is 7.53. The number of carboxylic acids is 1. The minimum absolute atomic E-state index is 0.00358. The number of benzene rings is 2. The van der Waals surface area contributed by atoms with Crippen molar-refractivity contribution in [2.75, 3.05) is 4.90 Å².